The Morgan fingerprint density at radius 3 is 2.88 bits per heavy atom. The highest BCUT2D eigenvalue weighted by molar-refractivity contribution is 5.94. The molecule has 0 spiro atoms. The van der Waals surface area contributed by atoms with E-state index in [-0.39, 0.29) is 11.3 Å². The monoisotopic (exact) mass is 341 g/mol. The number of benzene rings is 1. The van der Waals surface area contributed by atoms with Crippen LogP contribution in [0.2, 0.25) is 0 Å². The molecule has 1 aromatic heterocycles. The molecule has 3 N–H and O–H groups in total. The summed E-state index contributed by atoms with van der Waals surface area (Å²) in [5, 5.41) is 2.74. The first-order chi connectivity index (χ1) is 11.9. The lowest BCUT2D eigenvalue weighted by atomic mass is 9.86. The maximum Gasteiger partial charge on any atom is 0.241 e. The summed E-state index contributed by atoms with van der Waals surface area (Å²) in [7, 11) is 0. The first-order valence-corrected chi connectivity index (χ1v) is 8.37. The van der Waals surface area contributed by atoms with Gasteiger partial charge < -0.3 is 20.5 Å². The fourth-order valence-electron chi connectivity index (χ4n) is 2.76. The average molecular weight is 341 g/mol. The molecule has 2 heterocycles. The second kappa shape index (κ2) is 6.72. The first-order valence-electron chi connectivity index (χ1n) is 8.37. The fraction of sp³-hybridized carbons (Fsp3) is 0.368. The average Bonchev–Trinajstić information content (AvgIpc) is 2.92. The third-order valence-corrected chi connectivity index (χ3v) is 4.25. The van der Waals surface area contributed by atoms with Crippen LogP contribution in [-0.2, 0) is 10.2 Å². The number of pyridine rings is 1. The fourth-order valence-corrected chi connectivity index (χ4v) is 2.76. The number of ether oxygens (including phenoxy) is 2. The van der Waals surface area contributed by atoms with Crippen molar-refractivity contribution in [1.29, 1.82) is 0 Å². The molecule has 132 valence electrons. The smallest absolute Gasteiger partial charge is 0.241 e. The lowest BCUT2D eigenvalue weighted by Gasteiger charge is -2.18. The van der Waals surface area contributed by atoms with Crippen LogP contribution in [0.4, 0.5) is 5.69 Å². The third kappa shape index (κ3) is 3.58. The minimum Gasteiger partial charge on any atom is -0.492 e. The van der Waals surface area contributed by atoms with Crippen molar-refractivity contribution in [1.82, 2.24) is 4.98 Å². The zero-order valence-corrected chi connectivity index (χ0v) is 14.7. The second-order valence-corrected chi connectivity index (χ2v) is 6.79. The van der Waals surface area contributed by atoms with Crippen molar-refractivity contribution in [3.63, 3.8) is 0 Å². The van der Waals surface area contributed by atoms with Crippen LogP contribution in [0.25, 0.3) is 0 Å². The van der Waals surface area contributed by atoms with E-state index in [4.69, 9.17) is 15.2 Å². The molecule has 0 radical (unpaired) electrons. The molecule has 1 aliphatic rings. The highest BCUT2D eigenvalue weighted by Crippen LogP contribution is 2.45. The molecule has 1 aromatic carbocycles. The Kier molecular flexibility index (Phi) is 4.63. The Hall–Kier alpha value is -2.60. The van der Waals surface area contributed by atoms with Crippen molar-refractivity contribution in [3.8, 4) is 17.4 Å². The summed E-state index contributed by atoms with van der Waals surface area (Å²) in [6.45, 7) is 6.73. The number of aromatic nitrogens is 1. The number of fused-ring (bicyclic) bond motifs is 1. The molecule has 1 aliphatic heterocycles. The van der Waals surface area contributed by atoms with E-state index in [0.717, 1.165) is 17.1 Å². The van der Waals surface area contributed by atoms with Gasteiger partial charge in [0.1, 0.15) is 11.5 Å². The maximum atomic E-state index is 11.8. The molecule has 2 aromatic rings. The molecule has 0 unspecified atom stereocenters. The molecule has 0 bridgehead atoms. The van der Waals surface area contributed by atoms with E-state index in [1.54, 1.807) is 18.3 Å². The highest BCUT2D eigenvalue weighted by Gasteiger charge is 2.35. The van der Waals surface area contributed by atoms with Gasteiger partial charge in [0.25, 0.3) is 0 Å². The summed E-state index contributed by atoms with van der Waals surface area (Å²) in [5.74, 6) is 1.81. The minimum absolute atomic E-state index is 0.115. The van der Waals surface area contributed by atoms with E-state index in [1.165, 1.54) is 0 Å². The molecule has 25 heavy (non-hydrogen) atoms. The highest BCUT2D eigenvalue weighted by atomic mass is 16.5. The van der Waals surface area contributed by atoms with Gasteiger partial charge in [-0.1, -0.05) is 26.8 Å². The van der Waals surface area contributed by atoms with Crippen molar-refractivity contribution in [2.24, 2.45) is 5.73 Å². The lowest BCUT2D eigenvalue weighted by Crippen LogP contribution is -2.34. The van der Waals surface area contributed by atoms with Crippen LogP contribution in [0.5, 0.6) is 17.4 Å². The van der Waals surface area contributed by atoms with Crippen molar-refractivity contribution in [2.75, 3.05) is 11.9 Å². The van der Waals surface area contributed by atoms with Gasteiger partial charge in [-0.3, -0.25) is 4.79 Å². The predicted octanol–water partition coefficient (Wildman–Crippen LogP) is 3.22. The molecular formula is C19H23N3O3. The molecular weight excluding hydrogens is 318 g/mol. The summed E-state index contributed by atoms with van der Waals surface area (Å²) in [4.78, 5) is 16.1. The van der Waals surface area contributed by atoms with Gasteiger partial charge in [-0.05, 0) is 24.6 Å². The minimum atomic E-state index is -0.523. The summed E-state index contributed by atoms with van der Waals surface area (Å²) < 4.78 is 11.7. The standard InChI is InChI=1S/C19H23N3O3/c1-4-13(20)18(23)22-12-8-9-16(21-10-12)25-15-7-5-6-14-17(15)19(2,3)11-24-14/h5-10,13H,4,11,20H2,1-3H3,(H,22,23)/t13-/m1/s1. The Labute approximate surface area is 147 Å². The Morgan fingerprint density at radius 2 is 2.20 bits per heavy atom. The number of amides is 1. The van der Waals surface area contributed by atoms with Gasteiger partial charge in [0.2, 0.25) is 11.8 Å². The SMILES string of the molecule is CC[C@@H](N)C(=O)Nc1ccc(Oc2cccc3c2C(C)(C)CO3)nc1. The third-order valence-electron chi connectivity index (χ3n) is 4.25. The van der Waals surface area contributed by atoms with Crippen LogP contribution in [0.15, 0.2) is 36.5 Å². The van der Waals surface area contributed by atoms with E-state index >= 15 is 0 Å². The first kappa shape index (κ1) is 17.2. The van der Waals surface area contributed by atoms with Crippen LogP contribution < -0.4 is 20.5 Å². The number of rotatable bonds is 5. The van der Waals surface area contributed by atoms with E-state index < -0.39 is 6.04 Å². The molecule has 0 saturated heterocycles. The molecule has 6 heteroatoms. The van der Waals surface area contributed by atoms with Crippen LogP contribution in [-0.4, -0.2) is 23.5 Å². The molecule has 1 atom stereocenters. The molecule has 3 rings (SSSR count). The molecule has 1 amide bonds. The van der Waals surface area contributed by atoms with Crippen LogP contribution in [0.3, 0.4) is 0 Å². The number of hydrogen-bond acceptors (Lipinski definition) is 5. The number of nitrogens with zero attached hydrogens (tertiary/aromatic N) is 1. The van der Waals surface area contributed by atoms with Gasteiger partial charge in [0.05, 0.1) is 24.5 Å². The normalized spacial score (nSPS) is 15.8. The van der Waals surface area contributed by atoms with Gasteiger partial charge >= 0.3 is 0 Å². The number of nitrogens with two attached hydrogens (primary N) is 1. The van der Waals surface area contributed by atoms with Crippen molar-refractivity contribution >= 4 is 11.6 Å². The molecule has 0 fully saturated rings. The zero-order valence-electron chi connectivity index (χ0n) is 14.7. The van der Waals surface area contributed by atoms with E-state index in [2.05, 4.69) is 24.1 Å². The lowest BCUT2D eigenvalue weighted by molar-refractivity contribution is -0.117. The quantitative estimate of drug-likeness (QED) is 0.872. The van der Waals surface area contributed by atoms with Crippen LogP contribution in [0.1, 0.15) is 32.8 Å². The van der Waals surface area contributed by atoms with E-state index in [1.807, 2.05) is 25.1 Å². The number of carbonyl (C=O) groups excluding carboxylic acids is 1. The van der Waals surface area contributed by atoms with Crippen LogP contribution in [0, 0.1) is 0 Å². The Balaban J connectivity index is 1.75. The summed E-state index contributed by atoms with van der Waals surface area (Å²) in [6, 6.07) is 8.69. The van der Waals surface area contributed by atoms with Gasteiger partial charge in [-0.25, -0.2) is 4.98 Å². The Bertz CT molecular complexity index is 772. The van der Waals surface area contributed by atoms with E-state index in [0.29, 0.717) is 24.6 Å². The van der Waals surface area contributed by atoms with E-state index in [9.17, 15) is 4.79 Å². The van der Waals surface area contributed by atoms with Gasteiger partial charge in [-0.2, -0.15) is 0 Å². The molecule has 0 aliphatic carbocycles. The van der Waals surface area contributed by atoms with Crippen molar-refractivity contribution in [2.45, 2.75) is 38.6 Å². The number of carbonyl (C=O) groups is 1. The largest absolute Gasteiger partial charge is 0.492 e. The van der Waals surface area contributed by atoms with Crippen molar-refractivity contribution in [3.05, 3.63) is 42.1 Å². The summed E-state index contributed by atoms with van der Waals surface area (Å²) >= 11 is 0. The number of anilines is 1. The topological polar surface area (TPSA) is 86.5 Å². The second-order valence-electron chi connectivity index (χ2n) is 6.79. The zero-order chi connectivity index (χ0) is 18.0. The summed E-state index contributed by atoms with van der Waals surface area (Å²) in [6.07, 6.45) is 2.14. The van der Waals surface area contributed by atoms with Crippen molar-refractivity contribution < 1.29 is 14.3 Å². The number of hydrogen-bond donors (Lipinski definition) is 2. The number of nitrogens with one attached hydrogen (secondary N) is 1. The predicted molar refractivity (Wildman–Crippen MR) is 96.2 cm³/mol. The maximum absolute atomic E-state index is 11.8. The summed E-state index contributed by atoms with van der Waals surface area (Å²) in [5.41, 5.74) is 7.22. The Morgan fingerprint density at radius 1 is 1.40 bits per heavy atom. The van der Waals surface area contributed by atoms with Crippen LogP contribution >= 0.6 is 0 Å². The molecule has 6 nitrogen and oxygen atoms in total. The van der Waals surface area contributed by atoms with Gasteiger partial charge in [0.15, 0.2) is 0 Å². The van der Waals surface area contributed by atoms with Gasteiger partial charge in [-0.15, -0.1) is 0 Å². The van der Waals surface area contributed by atoms with Gasteiger partial charge in [0, 0.05) is 17.0 Å². The molecule has 0 saturated carbocycles.